The van der Waals surface area contributed by atoms with Crippen LogP contribution in [0.3, 0.4) is 0 Å². The van der Waals surface area contributed by atoms with Gasteiger partial charge in [-0.1, -0.05) is 18.7 Å². The molecule has 0 spiro atoms. The lowest BCUT2D eigenvalue weighted by atomic mass is 10.1. The number of nitrogens with zero attached hydrogens (tertiary/aromatic N) is 3. The smallest absolute Gasteiger partial charge is 0.280 e. The molecule has 0 atom stereocenters. The van der Waals surface area contributed by atoms with E-state index in [0.717, 1.165) is 37.7 Å². The third-order valence-corrected chi connectivity index (χ3v) is 5.59. The van der Waals surface area contributed by atoms with Crippen LogP contribution < -0.4 is 10.6 Å². The Morgan fingerprint density at radius 2 is 2.09 bits per heavy atom. The Morgan fingerprint density at radius 1 is 1.30 bits per heavy atom. The predicted octanol–water partition coefficient (Wildman–Crippen LogP) is 0.459. The van der Waals surface area contributed by atoms with Crippen molar-refractivity contribution < 1.29 is 9.90 Å². The Balaban J connectivity index is 1.61. The van der Waals surface area contributed by atoms with Crippen LogP contribution in [0.25, 0.3) is 6.58 Å². The second kappa shape index (κ2) is 7.38. The summed E-state index contributed by atoms with van der Waals surface area (Å²) >= 11 is 1.82. The van der Waals surface area contributed by atoms with Gasteiger partial charge < -0.3 is 10.0 Å². The highest BCUT2D eigenvalue weighted by Gasteiger charge is 2.21. The molecule has 0 radical (unpaired) electrons. The van der Waals surface area contributed by atoms with E-state index in [-0.39, 0.29) is 12.5 Å². The van der Waals surface area contributed by atoms with E-state index in [1.54, 1.807) is 6.07 Å². The topological polar surface area (TPSA) is 65.3 Å². The fourth-order valence-electron chi connectivity index (χ4n) is 2.93. The van der Waals surface area contributed by atoms with Crippen LogP contribution >= 0.6 is 11.8 Å². The van der Waals surface area contributed by atoms with Crippen molar-refractivity contribution in [3.05, 3.63) is 34.3 Å². The fourth-order valence-corrected chi connectivity index (χ4v) is 3.98. The summed E-state index contributed by atoms with van der Waals surface area (Å²) in [6.07, 6.45) is 2.20. The molecule has 1 aromatic rings. The highest BCUT2D eigenvalue weighted by Crippen LogP contribution is 2.23. The summed E-state index contributed by atoms with van der Waals surface area (Å²) in [6.45, 7) is 6.97. The first-order valence-electron chi connectivity index (χ1n) is 7.91. The highest BCUT2D eigenvalue weighted by atomic mass is 32.2. The molecule has 0 aromatic heterocycles. The number of benzene rings is 1. The Labute approximate surface area is 139 Å². The number of piperidine rings is 1. The molecule has 1 saturated heterocycles. The highest BCUT2D eigenvalue weighted by molar-refractivity contribution is 8.00. The van der Waals surface area contributed by atoms with Crippen molar-refractivity contribution >= 4 is 30.1 Å². The summed E-state index contributed by atoms with van der Waals surface area (Å²) in [5.41, 5.74) is 0.545. The standard InChI is InChI=1S/C17H21N3O2S/c1-12-3-2-4-14-16(12)18-15(19-17(14)22)11-23-13-5-7-20(8-6-13)9-10-21/h2-4,13,21H,1,5-11H2. The van der Waals surface area contributed by atoms with Crippen molar-refractivity contribution in [1.82, 2.24) is 4.90 Å². The molecule has 3 rings (SSSR count). The number of aliphatic hydroxyl groups is 1. The average Bonchev–Trinajstić information content (AvgIpc) is 2.56. The number of aliphatic imine (C=N–C) groups is 1. The van der Waals surface area contributed by atoms with Gasteiger partial charge in [-0.05, 0) is 37.2 Å². The quantitative estimate of drug-likeness (QED) is 0.851. The molecule has 1 aromatic carbocycles. The number of thioether (sulfide) groups is 1. The van der Waals surface area contributed by atoms with E-state index in [2.05, 4.69) is 21.5 Å². The minimum Gasteiger partial charge on any atom is -0.395 e. The van der Waals surface area contributed by atoms with Gasteiger partial charge in [0.1, 0.15) is 5.84 Å². The van der Waals surface area contributed by atoms with Gasteiger partial charge in [0, 0.05) is 11.8 Å². The lowest BCUT2D eigenvalue weighted by molar-refractivity contribution is 0.1000. The Bertz CT molecular complexity index is 724. The van der Waals surface area contributed by atoms with Crippen LogP contribution in [0.2, 0.25) is 0 Å². The minimum atomic E-state index is -0.214. The second-order valence-corrected chi connectivity index (χ2v) is 7.12. The summed E-state index contributed by atoms with van der Waals surface area (Å²) in [5, 5.41) is 11.0. The van der Waals surface area contributed by atoms with Crippen LogP contribution in [-0.4, -0.2) is 59.0 Å². The Morgan fingerprint density at radius 3 is 2.83 bits per heavy atom. The third kappa shape index (κ3) is 3.88. The molecule has 1 fully saturated rings. The number of amidine groups is 1. The number of carbonyl (C=O) groups is 1. The predicted molar refractivity (Wildman–Crippen MR) is 93.5 cm³/mol. The molecular formula is C17H21N3O2S. The molecule has 0 unspecified atom stereocenters. The zero-order valence-electron chi connectivity index (χ0n) is 13.1. The van der Waals surface area contributed by atoms with Gasteiger partial charge in [-0.3, -0.25) is 4.79 Å². The number of rotatable bonds is 5. The van der Waals surface area contributed by atoms with Gasteiger partial charge in [-0.25, -0.2) is 4.99 Å². The number of amides is 1. The number of hydrogen-bond acceptors (Lipinski definition) is 5. The second-order valence-electron chi connectivity index (χ2n) is 5.83. The zero-order chi connectivity index (χ0) is 16.2. The fraction of sp³-hybridized carbons (Fsp3) is 0.471. The van der Waals surface area contributed by atoms with Crippen LogP contribution in [0.5, 0.6) is 0 Å². The van der Waals surface area contributed by atoms with Gasteiger partial charge in [0.15, 0.2) is 0 Å². The molecular weight excluding hydrogens is 310 g/mol. The van der Waals surface area contributed by atoms with Crippen LogP contribution in [-0.2, 0) is 0 Å². The van der Waals surface area contributed by atoms with E-state index in [0.29, 0.717) is 27.8 Å². The van der Waals surface area contributed by atoms with Crippen LogP contribution in [0, 0.1) is 0 Å². The van der Waals surface area contributed by atoms with Crippen LogP contribution in [0.4, 0.5) is 0 Å². The molecule has 23 heavy (non-hydrogen) atoms. The summed E-state index contributed by atoms with van der Waals surface area (Å²) < 4.78 is 0. The minimum absolute atomic E-state index is 0.214. The first-order chi connectivity index (χ1) is 11.2. The van der Waals surface area contributed by atoms with Gasteiger partial charge in [0.25, 0.3) is 5.91 Å². The summed E-state index contributed by atoms with van der Waals surface area (Å²) in [4.78, 5) is 23.0. The number of aliphatic hydroxyl groups excluding tert-OH is 1. The average molecular weight is 331 g/mol. The Hall–Kier alpha value is -1.50. The van der Waals surface area contributed by atoms with Crippen molar-refractivity contribution in [2.24, 2.45) is 9.98 Å². The molecule has 2 aliphatic rings. The maximum atomic E-state index is 12.1. The van der Waals surface area contributed by atoms with E-state index in [1.807, 2.05) is 23.9 Å². The molecule has 1 N–H and O–H groups in total. The van der Waals surface area contributed by atoms with E-state index in [4.69, 9.17) is 5.11 Å². The van der Waals surface area contributed by atoms with Gasteiger partial charge in [0.05, 0.1) is 23.3 Å². The van der Waals surface area contributed by atoms with Crippen molar-refractivity contribution in [3.63, 3.8) is 0 Å². The first kappa shape index (κ1) is 16.4. The van der Waals surface area contributed by atoms with E-state index in [1.165, 1.54) is 0 Å². The summed E-state index contributed by atoms with van der Waals surface area (Å²) in [5.74, 6) is 1.04. The van der Waals surface area contributed by atoms with E-state index in [9.17, 15) is 4.79 Å². The molecule has 5 nitrogen and oxygen atoms in total. The monoisotopic (exact) mass is 331 g/mol. The molecule has 0 saturated carbocycles. The molecule has 2 aliphatic heterocycles. The zero-order valence-corrected chi connectivity index (χ0v) is 13.9. The number of carbonyl (C=O) groups excluding carboxylic acids is 1. The molecule has 2 heterocycles. The van der Waals surface area contributed by atoms with Gasteiger partial charge in [-0.2, -0.15) is 16.8 Å². The molecule has 0 bridgehead atoms. The molecule has 6 heteroatoms. The van der Waals surface area contributed by atoms with Crippen molar-refractivity contribution in [1.29, 1.82) is 0 Å². The van der Waals surface area contributed by atoms with Crippen LogP contribution in [0.1, 0.15) is 23.2 Å². The number of hydrogen-bond donors (Lipinski definition) is 1. The number of β-amino-alcohol motifs (C(OH)–C–C–N with tert-alkyl or cyclic N) is 1. The summed E-state index contributed by atoms with van der Waals surface area (Å²) in [6, 6.07) is 5.42. The van der Waals surface area contributed by atoms with Crippen LogP contribution in [0.15, 0.2) is 28.2 Å². The number of fused-ring (bicyclic) bond motifs is 1. The largest absolute Gasteiger partial charge is 0.395 e. The van der Waals surface area contributed by atoms with Crippen molar-refractivity contribution in [3.8, 4) is 0 Å². The number of para-hydroxylation sites is 1. The maximum absolute atomic E-state index is 12.1. The SMILES string of the molecule is C=c1cccc2c1=NC(CSC1CCN(CCO)CC1)=NC2=O. The molecule has 0 aliphatic carbocycles. The van der Waals surface area contributed by atoms with Crippen molar-refractivity contribution in [2.45, 2.75) is 18.1 Å². The van der Waals surface area contributed by atoms with Crippen molar-refractivity contribution in [2.75, 3.05) is 32.0 Å². The maximum Gasteiger partial charge on any atom is 0.280 e. The Kier molecular flexibility index (Phi) is 5.25. The van der Waals surface area contributed by atoms with E-state index >= 15 is 0 Å². The number of likely N-dealkylation sites (tertiary alicyclic amines) is 1. The van der Waals surface area contributed by atoms with Gasteiger partial charge in [-0.15, -0.1) is 0 Å². The van der Waals surface area contributed by atoms with Gasteiger partial charge >= 0.3 is 0 Å². The lowest BCUT2D eigenvalue weighted by Crippen LogP contribution is -2.37. The normalized spacial score (nSPS) is 19.2. The first-order valence-corrected chi connectivity index (χ1v) is 8.95. The lowest BCUT2D eigenvalue weighted by Gasteiger charge is -2.31. The molecule has 1 amide bonds. The third-order valence-electron chi connectivity index (χ3n) is 4.22. The summed E-state index contributed by atoms with van der Waals surface area (Å²) in [7, 11) is 0. The molecule has 122 valence electrons. The van der Waals surface area contributed by atoms with E-state index < -0.39 is 0 Å². The van der Waals surface area contributed by atoms with Gasteiger partial charge in [0.2, 0.25) is 0 Å².